The highest BCUT2D eigenvalue weighted by molar-refractivity contribution is 6.24. The van der Waals surface area contributed by atoms with Crippen LogP contribution in [0.1, 0.15) is 68.5 Å². The third-order valence-corrected chi connectivity index (χ3v) is 10.7. The number of benzene rings is 3. The first-order valence-electron chi connectivity index (χ1n) is 20.7. The van der Waals surface area contributed by atoms with Gasteiger partial charge in [-0.3, -0.25) is 39.0 Å². The highest BCUT2D eigenvalue weighted by Gasteiger charge is 2.46. The van der Waals surface area contributed by atoms with Gasteiger partial charge < -0.3 is 39.6 Å². The van der Waals surface area contributed by atoms with E-state index in [1.54, 1.807) is 19.2 Å². The van der Waals surface area contributed by atoms with Crippen LogP contribution in [0.15, 0.2) is 66.7 Å². The first-order valence-corrected chi connectivity index (χ1v) is 20.7. The predicted octanol–water partition coefficient (Wildman–Crippen LogP) is 3.30. The minimum absolute atomic E-state index is 0.000306. The Kier molecular flexibility index (Phi) is 13.5. The van der Waals surface area contributed by atoms with Crippen LogP contribution in [0, 0.1) is 6.92 Å². The van der Waals surface area contributed by atoms with Gasteiger partial charge in [0.2, 0.25) is 17.8 Å². The molecular formula is C44H48N10O10. The zero-order valence-electron chi connectivity index (χ0n) is 35.8. The van der Waals surface area contributed by atoms with Crippen molar-refractivity contribution in [2.75, 3.05) is 45.7 Å². The van der Waals surface area contributed by atoms with E-state index in [1.807, 2.05) is 59.5 Å². The van der Waals surface area contributed by atoms with E-state index >= 15 is 0 Å². The SMILES string of the molecule is CCn1nc(C)cc1Nc1nc2cc(C(=O)N(C)CCNC(=O)COc3cccc4c3C(=O)N(C3CCC(=O)NC3=O)C4=O)cc(OC)c2n1CCCNC(=O)OCc1ccccc1. The fourth-order valence-corrected chi connectivity index (χ4v) is 7.51. The van der Waals surface area contributed by atoms with Gasteiger partial charge in [0, 0.05) is 57.8 Å². The van der Waals surface area contributed by atoms with Crippen molar-refractivity contribution in [2.45, 2.75) is 58.8 Å². The van der Waals surface area contributed by atoms with Gasteiger partial charge in [0.1, 0.15) is 35.5 Å². The van der Waals surface area contributed by atoms with E-state index in [0.29, 0.717) is 60.2 Å². The molecule has 3 aromatic carbocycles. The molecule has 1 saturated heterocycles. The summed E-state index contributed by atoms with van der Waals surface area (Å²) in [7, 11) is 3.09. The molecule has 20 nitrogen and oxygen atoms in total. The molecule has 0 spiro atoms. The number of nitrogens with one attached hydrogen (secondary N) is 4. The molecule has 0 saturated carbocycles. The second-order valence-electron chi connectivity index (χ2n) is 15.1. The summed E-state index contributed by atoms with van der Waals surface area (Å²) in [6, 6.07) is 17.8. The number of carbonyl (C=O) groups excluding carboxylic acids is 7. The van der Waals surface area contributed by atoms with E-state index in [2.05, 4.69) is 26.4 Å². The third-order valence-electron chi connectivity index (χ3n) is 10.7. The number of amides is 7. The van der Waals surface area contributed by atoms with Crippen LogP contribution in [0.25, 0.3) is 11.0 Å². The number of imidazole rings is 1. The van der Waals surface area contributed by atoms with Crippen molar-refractivity contribution in [3.63, 3.8) is 0 Å². The number of methoxy groups -OCH3 is 1. The number of likely N-dealkylation sites (N-methyl/N-ethyl adjacent to an activating group) is 1. The number of ether oxygens (including phenoxy) is 3. The molecule has 7 amide bonds. The Bertz CT molecular complexity index is 2620. The maximum atomic E-state index is 13.8. The maximum absolute atomic E-state index is 13.8. The van der Waals surface area contributed by atoms with Gasteiger partial charge in [-0.2, -0.15) is 5.10 Å². The molecule has 0 aliphatic carbocycles. The molecule has 20 heteroatoms. The molecule has 5 aromatic rings. The van der Waals surface area contributed by atoms with Crippen LogP contribution in [0.5, 0.6) is 11.5 Å². The highest BCUT2D eigenvalue weighted by atomic mass is 16.5. The molecule has 0 bridgehead atoms. The number of rotatable bonds is 18. The summed E-state index contributed by atoms with van der Waals surface area (Å²) >= 11 is 0. The van der Waals surface area contributed by atoms with Crippen LogP contribution in [0.4, 0.5) is 16.6 Å². The monoisotopic (exact) mass is 876 g/mol. The van der Waals surface area contributed by atoms with E-state index in [0.717, 1.165) is 16.2 Å². The second kappa shape index (κ2) is 19.5. The van der Waals surface area contributed by atoms with Crippen LogP contribution < -0.4 is 30.7 Å². The van der Waals surface area contributed by atoms with E-state index in [1.165, 1.54) is 30.2 Å². The van der Waals surface area contributed by atoms with Crippen LogP contribution in [-0.4, -0.2) is 117 Å². The topological polar surface area (TPSA) is 237 Å². The smallest absolute Gasteiger partial charge is 0.407 e. The number of imide groups is 2. The molecule has 1 atom stereocenters. The van der Waals surface area contributed by atoms with Gasteiger partial charge in [-0.25, -0.2) is 14.5 Å². The van der Waals surface area contributed by atoms with E-state index in [9.17, 15) is 33.6 Å². The van der Waals surface area contributed by atoms with E-state index < -0.39 is 48.3 Å². The van der Waals surface area contributed by atoms with Crippen LogP contribution in [0.3, 0.4) is 0 Å². The number of aromatic nitrogens is 4. The van der Waals surface area contributed by atoms with Crippen LogP contribution in [0.2, 0.25) is 0 Å². The summed E-state index contributed by atoms with van der Waals surface area (Å²) in [6.45, 7) is 5.01. The molecule has 2 aromatic heterocycles. The Morgan fingerprint density at radius 1 is 0.953 bits per heavy atom. The van der Waals surface area contributed by atoms with E-state index in [4.69, 9.17) is 19.2 Å². The number of alkyl carbamates (subject to hydrolysis) is 1. The molecule has 334 valence electrons. The van der Waals surface area contributed by atoms with Crippen molar-refractivity contribution in [3.8, 4) is 11.5 Å². The quantitative estimate of drug-likeness (QED) is 0.0732. The Balaban J connectivity index is 0.976. The third kappa shape index (κ3) is 9.64. The standard InChI is InChI=1S/C44H48N10O10/c1-5-53-34(21-26(2)50-53)48-43-47-30-22-28(23-33(62-4)38(30)52(43)19-10-17-46-44(61)64-24-27-11-7-6-8-12-27)40(58)51(3)20-18-45-36(56)25-63-32-14-9-13-29-37(32)42(60)54(41(29)59)31-15-16-35(55)49-39(31)57/h6-9,11-14,21-23,31H,5,10,15-20,24-25H2,1-4H3,(H,45,56)(H,46,61)(H,47,48)(H,49,55,57). The predicted molar refractivity (Wildman–Crippen MR) is 230 cm³/mol. The highest BCUT2D eigenvalue weighted by Crippen LogP contribution is 2.35. The number of nitrogens with zero attached hydrogens (tertiary/aromatic N) is 6. The minimum Gasteiger partial charge on any atom is -0.494 e. The molecule has 0 radical (unpaired) electrons. The summed E-state index contributed by atoms with van der Waals surface area (Å²) in [6.07, 6.45) is -0.0535. The van der Waals surface area contributed by atoms with Crippen molar-refractivity contribution in [3.05, 3.63) is 94.7 Å². The summed E-state index contributed by atoms with van der Waals surface area (Å²) in [4.78, 5) is 96.8. The number of hydrogen-bond acceptors (Lipinski definition) is 13. The molecule has 2 aliphatic heterocycles. The van der Waals surface area contributed by atoms with Crippen molar-refractivity contribution < 1.29 is 47.8 Å². The maximum Gasteiger partial charge on any atom is 0.407 e. The van der Waals surface area contributed by atoms with Crippen LogP contribution in [-0.2, 0) is 38.8 Å². The zero-order valence-corrected chi connectivity index (χ0v) is 35.8. The average molecular weight is 877 g/mol. The number of anilines is 2. The molecule has 4 N–H and O–H groups in total. The van der Waals surface area contributed by atoms with Gasteiger partial charge in [0.25, 0.3) is 23.6 Å². The fraction of sp³-hybridized carbons (Fsp3) is 0.341. The number of aryl methyl sites for hydroxylation is 3. The fourth-order valence-electron chi connectivity index (χ4n) is 7.51. The van der Waals surface area contributed by atoms with Crippen molar-refractivity contribution in [1.82, 2.24) is 45.1 Å². The molecule has 2 aliphatic rings. The summed E-state index contributed by atoms with van der Waals surface area (Å²) in [5.74, 6) is -2.03. The van der Waals surface area contributed by atoms with Gasteiger partial charge in [-0.15, -0.1) is 0 Å². The lowest BCUT2D eigenvalue weighted by atomic mass is 10.0. The summed E-state index contributed by atoms with van der Waals surface area (Å²) in [5, 5.41) is 15.6. The van der Waals surface area contributed by atoms with Gasteiger partial charge in [0.05, 0.1) is 29.4 Å². The normalized spacial score (nSPS) is 14.6. The zero-order chi connectivity index (χ0) is 45.5. The molecule has 4 heterocycles. The van der Waals surface area contributed by atoms with Crippen LogP contribution >= 0.6 is 0 Å². The number of carbonyl (C=O) groups is 7. The number of piperidine rings is 1. The first-order chi connectivity index (χ1) is 30.9. The second-order valence-corrected chi connectivity index (χ2v) is 15.1. The molecule has 1 fully saturated rings. The summed E-state index contributed by atoms with van der Waals surface area (Å²) in [5.41, 5.74) is 3.03. The Labute approximate surface area is 367 Å². The molecule has 7 rings (SSSR count). The Hall–Kier alpha value is -7.77. The van der Waals surface area contributed by atoms with Gasteiger partial charge in [-0.05, 0) is 56.5 Å². The van der Waals surface area contributed by atoms with Gasteiger partial charge in [0.15, 0.2) is 6.61 Å². The lowest BCUT2D eigenvalue weighted by Gasteiger charge is -2.27. The Morgan fingerprint density at radius 3 is 2.50 bits per heavy atom. The molecule has 1 unspecified atom stereocenters. The van der Waals surface area contributed by atoms with Crippen molar-refractivity contribution in [1.29, 1.82) is 0 Å². The van der Waals surface area contributed by atoms with Gasteiger partial charge in [-0.1, -0.05) is 36.4 Å². The summed E-state index contributed by atoms with van der Waals surface area (Å²) < 4.78 is 20.6. The van der Waals surface area contributed by atoms with E-state index in [-0.39, 0.29) is 55.3 Å². The van der Waals surface area contributed by atoms with Crippen molar-refractivity contribution in [2.24, 2.45) is 0 Å². The number of hydrogen-bond donors (Lipinski definition) is 4. The Morgan fingerprint density at radius 2 is 1.75 bits per heavy atom. The molecular weight excluding hydrogens is 829 g/mol. The van der Waals surface area contributed by atoms with Gasteiger partial charge >= 0.3 is 6.09 Å². The first kappa shape index (κ1) is 44.3. The van der Waals surface area contributed by atoms with Crippen molar-refractivity contribution >= 4 is 64.3 Å². The largest absolute Gasteiger partial charge is 0.494 e. The minimum atomic E-state index is -1.15. The number of fused-ring (bicyclic) bond motifs is 2. The average Bonchev–Trinajstić information content (AvgIpc) is 3.92. The molecule has 64 heavy (non-hydrogen) atoms. The lowest BCUT2D eigenvalue weighted by molar-refractivity contribution is -0.136. The lowest BCUT2D eigenvalue weighted by Crippen LogP contribution is -2.54.